The molecule has 0 radical (unpaired) electrons. The van der Waals surface area contributed by atoms with Crippen LogP contribution in [0.3, 0.4) is 0 Å². The first-order chi connectivity index (χ1) is 8.63. The number of allylic oxidation sites excluding steroid dienone is 4. The van der Waals surface area contributed by atoms with Crippen LogP contribution in [0.4, 0.5) is 0 Å². The summed E-state index contributed by atoms with van der Waals surface area (Å²) in [5.74, 6) is 0. The number of hydrogen-bond acceptors (Lipinski definition) is 3. The summed E-state index contributed by atoms with van der Waals surface area (Å²) in [5.41, 5.74) is 0.738. The maximum atomic E-state index is 11.1. The van der Waals surface area contributed by atoms with Crippen molar-refractivity contribution in [3.05, 3.63) is 56.3 Å². The summed E-state index contributed by atoms with van der Waals surface area (Å²) in [4.78, 5) is 22.0. The Bertz CT molecular complexity index is 538. The van der Waals surface area contributed by atoms with E-state index in [-0.39, 0.29) is 0 Å². The number of hydrogen-bond donors (Lipinski definition) is 3. The smallest absolute Gasteiger partial charge is 0.310 e. The van der Waals surface area contributed by atoms with E-state index in [0.29, 0.717) is 0 Å². The lowest BCUT2D eigenvalue weighted by Crippen LogP contribution is -2.28. The molecule has 0 aromatic carbocycles. The molecule has 0 saturated carbocycles. The summed E-state index contributed by atoms with van der Waals surface area (Å²) in [7, 11) is 0. The molecular formula is C13H19N3O2. The number of H-pyrrole nitrogens is 2. The van der Waals surface area contributed by atoms with Crippen molar-refractivity contribution in [2.75, 3.05) is 6.54 Å². The van der Waals surface area contributed by atoms with E-state index < -0.39 is 11.0 Å². The molecule has 0 atom stereocenters. The lowest BCUT2D eigenvalue weighted by molar-refractivity contribution is 0.704. The topological polar surface area (TPSA) is 77.8 Å². The first-order valence-corrected chi connectivity index (χ1v) is 5.98. The van der Waals surface area contributed by atoms with E-state index >= 15 is 0 Å². The quantitative estimate of drug-likeness (QED) is 0.401. The average molecular weight is 249 g/mol. The predicted molar refractivity (Wildman–Crippen MR) is 72.6 cm³/mol. The summed E-state index contributed by atoms with van der Waals surface area (Å²) < 4.78 is 0. The van der Waals surface area contributed by atoms with E-state index in [1.807, 2.05) is 32.1 Å². The fourth-order valence-corrected chi connectivity index (χ4v) is 1.46. The minimum Gasteiger partial charge on any atom is -0.389 e. The molecular weight excluding hydrogens is 230 g/mol. The molecule has 0 aliphatic carbocycles. The van der Waals surface area contributed by atoms with Crippen LogP contribution in [0.15, 0.2) is 39.6 Å². The van der Waals surface area contributed by atoms with Crippen molar-refractivity contribution < 1.29 is 0 Å². The van der Waals surface area contributed by atoms with Gasteiger partial charge in [0, 0.05) is 24.0 Å². The number of aryl methyl sites for hydroxylation is 1. The van der Waals surface area contributed by atoms with Crippen LogP contribution in [0, 0.1) is 0 Å². The fourth-order valence-electron chi connectivity index (χ4n) is 1.46. The number of aromatic amines is 2. The first kappa shape index (κ1) is 14.0. The van der Waals surface area contributed by atoms with Gasteiger partial charge in [0.05, 0.1) is 0 Å². The highest BCUT2D eigenvalue weighted by molar-refractivity contribution is 5.08. The average Bonchev–Trinajstić information content (AvgIpc) is 2.36. The molecule has 0 saturated heterocycles. The zero-order valence-corrected chi connectivity index (χ0v) is 10.7. The number of rotatable bonds is 6. The molecule has 1 aromatic heterocycles. The van der Waals surface area contributed by atoms with Crippen LogP contribution in [-0.2, 0) is 6.42 Å². The Morgan fingerprint density at radius 2 is 2.17 bits per heavy atom. The highest BCUT2D eigenvalue weighted by atomic mass is 16.2. The van der Waals surface area contributed by atoms with E-state index in [1.54, 1.807) is 0 Å². The summed E-state index contributed by atoms with van der Waals surface area (Å²) in [6.45, 7) is 4.79. The van der Waals surface area contributed by atoms with Crippen molar-refractivity contribution in [3.63, 3.8) is 0 Å². The minimum absolute atomic E-state index is 0.499. The Kier molecular flexibility index (Phi) is 5.70. The fraction of sp³-hybridized carbons (Fsp3) is 0.385. The third-order valence-electron chi connectivity index (χ3n) is 2.43. The summed E-state index contributed by atoms with van der Waals surface area (Å²) in [6, 6.07) is 1.35. The second-order valence-electron chi connectivity index (χ2n) is 4.02. The first-order valence-electron chi connectivity index (χ1n) is 5.98. The van der Waals surface area contributed by atoms with Crippen molar-refractivity contribution >= 4 is 0 Å². The largest absolute Gasteiger partial charge is 0.389 e. The molecule has 1 rings (SSSR count). The molecule has 0 unspecified atom stereocenters. The molecule has 0 fully saturated rings. The molecule has 0 amide bonds. The summed E-state index contributed by atoms with van der Waals surface area (Å²) in [6.07, 6.45) is 7.54. The molecule has 1 aromatic rings. The molecule has 5 heteroatoms. The van der Waals surface area contributed by atoms with E-state index in [2.05, 4.69) is 15.5 Å². The Morgan fingerprint density at radius 3 is 2.83 bits per heavy atom. The number of nitrogens with one attached hydrogen (secondary N) is 3. The van der Waals surface area contributed by atoms with Gasteiger partial charge in [-0.25, -0.2) is 0 Å². The second kappa shape index (κ2) is 7.32. The summed E-state index contributed by atoms with van der Waals surface area (Å²) >= 11 is 0. The lowest BCUT2D eigenvalue weighted by Gasteiger charge is -2.05. The van der Waals surface area contributed by atoms with Crippen LogP contribution in [0.25, 0.3) is 0 Å². The van der Waals surface area contributed by atoms with Gasteiger partial charge in [-0.05, 0) is 32.8 Å². The van der Waals surface area contributed by atoms with Gasteiger partial charge in [-0.1, -0.05) is 12.2 Å². The number of aromatic nitrogens is 2. The van der Waals surface area contributed by atoms with Gasteiger partial charge in [-0.15, -0.1) is 0 Å². The van der Waals surface area contributed by atoms with Gasteiger partial charge in [0.1, 0.15) is 0 Å². The Balaban J connectivity index is 2.36. The third-order valence-corrected chi connectivity index (χ3v) is 2.43. The Labute approximate surface area is 106 Å². The normalized spacial score (nSPS) is 12.0. The van der Waals surface area contributed by atoms with Crippen molar-refractivity contribution in [2.24, 2.45) is 0 Å². The van der Waals surface area contributed by atoms with Gasteiger partial charge >= 0.3 is 5.56 Å². The van der Waals surface area contributed by atoms with Gasteiger partial charge in [-0.3, -0.25) is 14.7 Å². The van der Waals surface area contributed by atoms with E-state index in [4.69, 9.17) is 0 Å². The maximum Gasteiger partial charge on any atom is 0.310 e. The minimum atomic E-state index is -0.609. The molecule has 0 spiro atoms. The molecule has 1 heterocycles. The second-order valence-corrected chi connectivity index (χ2v) is 4.02. The van der Waals surface area contributed by atoms with E-state index in [9.17, 15) is 9.59 Å². The Morgan fingerprint density at radius 1 is 1.39 bits per heavy atom. The highest BCUT2D eigenvalue weighted by Crippen LogP contribution is 1.94. The van der Waals surface area contributed by atoms with Gasteiger partial charge in [0.25, 0.3) is 0 Å². The van der Waals surface area contributed by atoms with Crippen LogP contribution >= 0.6 is 0 Å². The maximum absolute atomic E-state index is 11.1. The van der Waals surface area contributed by atoms with Gasteiger partial charge in [0.2, 0.25) is 5.43 Å². The molecule has 0 aliphatic heterocycles. The van der Waals surface area contributed by atoms with Crippen LogP contribution in [-0.4, -0.2) is 16.7 Å². The molecule has 0 aliphatic rings. The van der Waals surface area contributed by atoms with Crippen LogP contribution < -0.4 is 16.3 Å². The van der Waals surface area contributed by atoms with Crippen LogP contribution in [0.2, 0.25) is 0 Å². The van der Waals surface area contributed by atoms with Crippen LogP contribution in [0.5, 0.6) is 0 Å². The van der Waals surface area contributed by atoms with Gasteiger partial charge < -0.3 is 10.4 Å². The van der Waals surface area contributed by atoms with Crippen molar-refractivity contribution in [2.45, 2.75) is 26.7 Å². The Hall–Kier alpha value is -2.04. The van der Waals surface area contributed by atoms with Crippen molar-refractivity contribution in [1.82, 2.24) is 15.5 Å². The standard InChI is InChI=1S/C13H19N3O2/c1-3-4-6-10(2)14-8-5-7-11-9-12(17)13(18)16-15-11/h3-4,6,9,14H,5,7-8H2,1-2H3,(H,15,17)(H,16,18)/b4-3+,10-6-. The highest BCUT2D eigenvalue weighted by Gasteiger charge is 1.97. The van der Waals surface area contributed by atoms with Crippen molar-refractivity contribution in [1.29, 1.82) is 0 Å². The molecule has 98 valence electrons. The van der Waals surface area contributed by atoms with E-state index in [0.717, 1.165) is 30.8 Å². The third kappa shape index (κ3) is 4.86. The molecule has 18 heavy (non-hydrogen) atoms. The SMILES string of the molecule is C/C=C/C=C(/C)NCCCc1cc(=O)c(=O)[nH][nH]1. The zero-order valence-electron chi connectivity index (χ0n) is 10.7. The molecule has 0 bridgehead atoms. The summed E-state index contributed by atoms with van der Waals surface area (Å²) in [5, 5.41) is 8.28. The monoisotopic (exact) mass is 249 g/mol. The van der Waals surface area contributed by atoms with E-state index in [1.165, 1.54) is 6.07 Å². The molecule has 5 nitrogen and oxygen atoms in total. The lowest BCUT2D eigenvalue weighted by atomic mass is 10.2. The predicted octanol–water partition coefficient (Wildman–Crippen LogP) is 1.07. The van der Waals surface area contributed by atoms with Crippen molar-refractivity contribution in [3.8, 4) is 0 Å². The van der Waals surface area contributed by atoms with Gasteiger partial charge in [0.15, 0.2) is 0 Å². The van der Waals surface area contributed by atoms with Crippen LogP contribution in [0.1, 0.15) is 26.0 Å². The van der Waals surface area contributed by atoms with Gasteiger partial charge in [-0.2, -0.15) is 0 Å². The molecule has 3 N–H and O–H groups in total. The zero-order chi connectivity index (χ0) is 13.4.